The zero-order valence-electron chi connectivity index (χ0n) is 12.1. The van der Waals surface area contributed by atoms with Crippen LogP contribution in [0.3, 0.4) is 0 Å². The van der Waals surface area contributed by atoms with Gasteiger partial charge in [0.15, 0.2) is 0 Å². The van der Waals surface area contributed by atoms with Crippen molar-refractivity contribution in [2.75, 3.05) is 19.7 Å². The number of morpholine rings is 1. The average Bonchev–Trinajstić information content (AvgIpc) is 2.46. The Labute approximate surface area is 124 Å². The molecule has 5 heteroatoms. The van der Waals surface area contributed by atoms with Crippen molar-refractivity contribution in [3.63, 3.8) is 0 Å². The first-order valence-electron chi connectivity index (χ1n) is 7.50. The average molecular weight is 292 g/mol. The SMILES string of the molecule is NC1(CC(=O)N2CCO[C@H](c3ccccc3F)C2)CCC1. The van der Waals surface area contributed by atoms with Gasteiger partial charge in [-0.1, -0.05) is 18.2 Å². The Morgan fingerprint density at radius 3 is 2.86 bits per heavy atom. The van der Waals surface area contributed by atoms with Crippen LogP contribution in [0.25, 0.3) is 0 Å². The van der Waals surface area contributed by atoms with Gasteiger partial charge in [-0.25, -0.2) is 4.39 Å². The van der Waals surface area contributed by atoms with Gasteiger partial charge in [-0.15, -0.1) is 0 Å². The highest BCUT2D eigenvalue weighted by molar-refractivity contribution is 5.77. The number of hydrogen-bond donors (Lipinski definition) is 1. The second-order valence-electron chi connectivity index (χ2n) is 6.11. The first-order valence-corrected chi connectivity index (χ1v) is 7.50. The molecule has 3 rings (SSSR count). The minimum Gasteiger partial charge on any atom is -0.370 e. The minimum atomic E-state index is -0.390. The largest absolute Gasteiger partial charge is 0.370 e. The van der Waals surface area contributed by atoms with Crippen molar-refractivity contribution in [3.05, 3.63) is 35.6 Å². The van der Waals surface area contributed by atoms with Crippen LogP contribution in [-0.4, -0.2) is 36.0 Å². The molecule has 1 aliphatic heterocycles. The van der Waals surface area contributed by atoms with Crippen LogP contribution in [0.4, 0.5) is 4.39 Å². The van der Waals surface area contributed by atoms with E-state index in [0.717, 1.165) is 19.3 Å². The maximum absolute atomic E-state index is 13.8. The summed E-state index contributed by atoms with van der Waals surface area (Å²) in [4.78, 5) is 14.1. The van der Waals surface area contributed by atoms with E-state index in [1.807, 2.05) is 0 Å². The van der Waals surface area contributed by atoms with E-state index < -0.39 is 0 Å². The van der Waals surface area contributed by atoms with Crippen LogP contribution in [0.2, 0.25) is 0 Å². The summed E-state index contributed by atoms with van der Waals surface area (Å²) in [5.74, 6) is -0.229. The molecule has 21 heavy (non-hydrogen) atoms. The van der Waals surface area contributed by atoms with Crippen LogP contribution in [-0.2, 0) is 9.53 Å². The van der Waals surface area contributed by atoms with E-state index in [2.05, 4.69) is 0 Å². The van der Waals surface area contributed by atoms with E-state index in [-0.39, 0.29) is 23.4 Å². The molecular weight excluding hydrogens is 271 g/mol. The molecule has 2 N–H and O–H groups in total. The lowest BCUT2D eigenvalue weighted by Crippen LogP contribution is -2.52. The van der Waals surface area contributed by atoms with Crippen LogP contribution in [0.1, 0.15) is 37.4 Å². The van der Waals surface area contributed by atoms with Crippen molar-refractivity contribution in [2.45, 2.75) is 37.3 Å². The molecule has 1 aliphatic carbocycles. The molecule has 0 spiro atoms. The first kappa shape index (κ1) is 14.5. The molecule has 0 bridgehead atoms. The normalized spacial score (nSPS) is 24.5. The molecule has 1 heterocycles. The van der Waals surface area contributed by atoms with Crippen molar-refractivity contribution < 1.29 is 13.9 Å². The lowest BCUT2D eigenvalue weighted by molar-refractivity contribution is -0.141. The maximum Gasteiger partial charge on any atom is 0.224 e. The predicted octanol–water partition coefficient (Wildman–Crippen LogP) is 2.00. The zero-order valence-corrected chi connectivity index (χ0v) is 12.1. The van der Waals surface area contributed by atoms with Crippen molar-refractivity contribution in [2.24, 2.45) is 5.73 Å². The third-order valence-corrected chi connectivity index (χ3v) is 4.52. The van der Waals surface area contributed by atoms with E-state index in [0.29, 0.717) is 31.7 Å². The van der Waals surface area contributed by atoms with Gasteiger partial charge in [0.25, 0.3) is 0 Å². The van der Waals surface area contributed by atoms with Gasteiger partial charge in [0.1, 0.15) is 11.9 Å². The number of carbonyl (C=O) groups excluding carboxylic acids is 1. The minimum absolute atomic E-state index is 0.0573. The van der Waals surface area contributed by atoms with Crippen molar-refractivity contribution >= 4 is 5.91 Å². The highest BCUT2D eigenvalue weighted by Gasteiger charge is 2.37. The third-order valence-electron chi connectivity index (χ3n) is 4.52. The summed E-state index contributed by atoms with van der Waals surface area (Å²) in [5.41, 5.74) is 6.34. The molecule has 0 radical (unpaired) electrons. The predicted molar refractivity (Wildman–Crippen MR) is 77.1 cm³/mol. The summed E-state index contributed by atoms with van der Waals surface area (Å²) < 4.78 is 19.5. The van der Waals surface area contributed by atoms with E-state index in [9.17, 15) is 9.18 Å². The van der Waals surface area contributed by atoms with Crippen molar-refractivity contribution in [3.8, 4) is 0 Å². The Morgan fingerprint density at radius 1 is 1.43 bits per heavy atom. The van der Waals surface area contributed by atoms with Crippen molar-refractivity contribution in [1.29, 1.82) is 0 Å². The Morgan fingerprint density at radius 2 is 2.19 bits per heavy atom. The van der Waals surface area contributed by atoms with Gasteiger partial charge in [0.2, 0.25) is 5.91 Å². The fraction of sp³-hybridized carbons (Fsp3) is 0.562. The summed E-state index contributed by atoms with van der Waals surface area (Å²) in [7, 11) is 0. The van der Waals surface area contributed by atoms with E-state index >= 15 is 0 Å². The van der Waals surface area contributed by atoms with Crippen molar-refractivity contribution in [1.82, 2.24) is 4.90 Å². The molecule has 2 aliphatic rings. The number of nitrogens with zero attached hydrogens (tertiary/aromatic N) is 1. The highest BCUT2D eigenvalue weighted by Crippen LogP contribution is 2.33. The second kappa shape index (κ2) is 5.73. The third kappa shape index (κ3) is 3.09. The molecule has 1 saturated heterocycles. The number of ether oxygens (including phenoxy) is 1. The summed E-state index contributed by atoms with van der Waals surface area (Å²) >= 11 is 0. The van der Waals surface area contributed by atoms with Gasteiger partial charge in [-0.2, -0.15) is 0 Å². The quantitative estimate of drug-likeness (QED) is 0.927. The number of rotatable bonds is 3. The molecule has 1 amide bonds. The molecule has 114 valence electrons. The number of carbonyl (C=O) groups is 1. The van der Waals surface area contributed by atoms with E-state index in [1.165, 1.54) is 6.07 Å². The molecule has 0 unspecified atom stereocenters. The van der Waals surface area contributed by atoms with Crippen LogP contribution < -0.4 is 5.73 Å². The smallest absolute Gasteiger partial charge is 0.224 e. The number of nitrogens with two attached hydrogens (primary N) is 1. The van der Waals surface area contributed by atoms with E-state index in [4.69, 9.17) is 10.5 Å². The second-order valence-corrected chi connectivity index (χ2v) is 6.11. The maximum atomic E-state index is 13.8. The van der Waals surface area contributed by atoms with Gasteiger partial charge < -0.3 is 15.4 Å². The number of hydrogen-bond acceptors (Lipinski definition) is 3. The summed E-state index contributed by atoms with van der Waals surface area (Å²) in [6.45, 7) is 1.39. The van der Waals surface area contributed by atoms with Gasteiger partial charge in [0, 0.05) is 24.1 Å². The van der Waals surface area contributed by atoms with Gasteiger partial charge >= 0.3 is 0 Å². The summed E-state index contributed by atoms with van der Waals surface area (Å²) in [6, 6.07) is 6.57. The topological polar surface area (TPSA) is 55.6 Å². The Bertz CT molecular complexity index is 531. The summed E-state index contributed by atoms with van der Waals surface area (Å²) in [5, 5.41) is 0. The molecule has 2 fully saturated rings. The molecule has 4 nitrogen and oxygen atoms in total. The van der Waals surface area contributed by atoms with Gasteiger partial charge in [-0.3, -0.25) is 4.79 Å². The molecule has 1 saturated carbocycles. The highest BCUT2D eigenvalue weighted by atomic mass is 19.1. The summed E-state index contributed by atoms with van der Waals surface area (Å²) in [6.07, 6.45) is 2.93. The standard InChI is InChI=1S/C16H21FN2O2/c17-13-5-2-1-4-12(13)14-11-19(8-9-21-14)15(20)10-16(18)6-3-7-16/h1-2,4-5,14H,3,6-11,18H2/t14-/m0/s1. The Kier molecular flexibility index (Phi) is 3.95. The van der Waals surface area contributed by atoms with E-state index in [1.54, 1.807) is 23.1 Å². The number of amides is 1. The Balaban J connectivity index is 1.65. The van der Waals surface area contributed by atoms with Gasteiger partial charge in [-0.05, 0) is 25.3 Å². The van der Waals surface area contributed by atoms with Gasteiger partial charge in [0.05, 0.1) is 13.2 Å². The monoisotopic (exact) mass is 292 g/mol. The molecule has 1 aromatic rings. The lowest BCUT2D eigenvalue weighted by atomic mass is 9.75. The number of halogens is 1. The Hall–Kier alpha value is -1.46. The zero-order chi connectivity index (χ0) is 14.9. The molecule has 1 atom stereocenters. The van der Waals surface area contributed by atoms with Crippen LogP contribution in [0, 0.1) is 5.82 Å². The molecular formula is C16H21FN2O2. The molecule has 1 aromatic carbocycles. The number of benzene rings is 1. The van der Waals surface area contributed by atoms with Crippen LogP contribution in [0.15, 0.2) is 24.3 Å². The van der Waals surface area contributed by atoms with Crippen LogP contribution in [0.5, 0.6) is 0 Å². The van der Waals surface area contributed by atoms with Crippen LogP contribution >= 0.6 is 0 Å². The fourth-order valence-electron chi connectivity index (χ4n) is 3.02. The first-order chi connectivity index (χ1) is 10.1. The fourth-order valence-corrected chi connectivity index (χ4v) is 3.02. The molecule has 0 aromatic heterocycles. The lowest BCUT2D eigenvalue weighted by Gasteiger charge is -2.40.